The second-order valence-corrected chi connectivity index (χ2v) is 5.34. The Kier molecular flexibility index (Phi) is 7.09. The van der Waals surface area contributed by atoms with Crippen molar-refractivity contribution >= 4 is 11.9 Å². The molecule has 0 atom stereocenters. The van der Waals surface area contributed by atoms with Crippen LogP contribution in [0.4, 0.5) is 0 Å². The highest BCUT2D eigenvalue weighted by molar-refractivity contribution is 5.93. The first-order valence-electron chi connectivity index (χ1n) is 7.11. The lowest BCUT2D eigenvalue weighted by Crippen LogP contribution is -2.08. The zero-order valence-corrected chi connectivity index (χ0v) is 13.5. The average Bonchev–Trinajstić information content (AvgIpc) is 2.46. The number of carbonyl (C=O) groups excluding carboxylic acids is 2. The molecule has 118 valence electrons. The highest BCUT2D eigenvalue weighted by Gasteiger charge is 2.10. The summed E-state index contributed by atoms with van der Waals surface area (Å²) in [5, 5.41) is 0. The summed E-state index contributed by atoms with van der Waals surface area (Å²) in [6.45, 7) is 8.22. The molecular formula is C18H22O4. The fraction of sp³-hybridized carbons (Fsp3) is 0.333. The van der Waals surface area contributed by atoms with Gasteiger partial charge in [-0.05, 0) is 64.1 Å². The summed E-state index contributed by atoms with van der Waals surface area (Å²) in [7, 11) is 0. The number of rotatable bonds is 6. The lowest BCUT2D eigenvalue weighted by Gasteiger charge is -2.05. The zero-order valence-electron chi connectivity index (χ0n) is 13.5. The van der Waals surface area contributed by atoms with Gasteiger partial charge in [0.15, 0.2) is 0 Å². The van der Waals surface area contributed by atoms with Crippen LogP contribution in [-0.4, -0.2) is 25.2 Å². The van der Waals surface area contributed by atoms with Gasteiger partial charge < -0.3 is 9.47 Å². The van der Waals surface area contributed by atoms with Crippen molar-refractivity contribution in [3.8, 4) is 0 Å². The molecule has 1 rings (SSSR count). The largest absolute Gasteiger partial charge is 0.458 e. The zero-order chi connectivity index (χ0) is 16.5. The molecular weight excluding hydrogens is 280 g/mol. The van der Waals surface area contributed by atoms with E-state index < -0.39 is 11.9 Å². The van der Waals surface area contributed by atoms with Crippen LogP contribution < -0.4 is 0 Å². The van der Waals surface area contributed by atoms with Crippen LogP contribution in [0.1, 0.15) is 48.4 Å². The molecule has 22 heavy (non-hydrogen) atoms. The smallest absolute Gasteiger partial charge is 0.338 e. The van der Waals surface area contributed by atoms with Crippen molar-refractivity contribution in [1.29, 1.82) is 0 Å². The molecule has 0 spiro atoms. The van der Waals surface area contributed by atoms with Gasteiger partial charge in [-0.1, -0.05) is 11.1 Å². The molecule has 0 unspecified atom stereocenters. The van der Waals surface area contributed by atoms with Gasteiger partial charge in [0.05, 0.1) is 11.1 Å². The number of benzene rings is 1. The van der Waals surface area contributed by atoms with E-state index in [2.05, 4.69) is 0 Å². The van der Waals surface area contributed by atoms with Crippen molar-refractivity contribution in [3.63, 3.8) is 0 Å². The maximum atomic E-state index is 11.8. The summed E-state index contributed by atoms with van der Waals surface area (Å²) >= 11 is 0. The number of carbonyl (C=O) groups is 2. The average molecular weight is 302 g/mol. The van der Waals surface area contributed by atoms with Crippen LogP contribution in [0.5, 0.6) is 0 Å². The maximum absolute atomic E-state index is 11.8. The fourth-order valence-electron chi connectivity index (χ4n) is 1.48. The Morgan fingerprint density at radius 1 is 0.773 bits per heavy atom. The molecule has 0 aliphatic rings. The third kappa shape index (κ3) is 6.39. The van der Waals surface area contributed by atoms with E-state index in [0.717, 1.165) is 11.1 Å². The van der Waals surface area contributed by atoms with E-state index >= 15 is 0 Å². The SMILES string of the molecule is CC(C)=CCOC(=O)c1ccc(C(=O)OCC=C(C)C)cc1. The molecule has 0 fully saturated rings. The molecule has 0 N–H and O–H groups in total. The van der Waals surface area contributed by atoms with Gasteiger partial charge in [-0.2, -0.15) is 0 Å². The van der Waals surface area contributed by atoms with E-state index in [1.165, 1.54) is 0 Å². The number of hydrogen-bond acceptors (Lipinski definition) is 4. The summed E-state index contributed by atoms with van der Waals surface area (Å²) in [6.07, 6.45) is 3.65. The van der Waals surface area contributed by atoms with Gasteiger partial charge in [0.25, 0.3) is 0 Å². The minimum Gasteiger partial charge on any atom is -0.458 e. The van der Waals surface area contributed by atoms with Gasteiger partial charge in [-0.3, -0.25) is 0 Å². The van der Waals surface area contributed by atoms with Crippen molar-refractivity contribution in [2.45, 2.75) is 27.7 Å². The molecule has 0 bridgehead atoms. The van der Waals surface area contributed by atoms with Gasteiger partial charge in [-0.25, -0.2) is 9.59 Å². The first-order chi connectivity index (χ1) is 10.4. The molecule has 1 aromatic carbocycles. The Bertz CT molecular complexity index is 519. The highest BCUT2D eigenvalue weighted by Crippen LogP contribution is 2.08. The summed E-state index contributed by atoms with van der Waals surface area (Å²) in [5.41, 5.74) is 2.98. The Morgan fingerprint density at radius 2 is 1.09 bits per heavy atom. The molecule has 0 radical (unpaired) electrons. The summed E-state index contributed by atoms with van der Waals surface area (Å²) in [6, 6.07) is 6.23. The predicted octanol–water partition coefficient (Wildman–Crippen LogP) is 3.93. The maximum Gasteiger partial charge on any atom is 0.338 e. The second kappa shape index (κ2) is 8.82. The molecule has 1 aromatic rings. The fourth-order valence-corrected chi connectivity index (χ4v) is 1.48. The Balaban J connectivity index is 2.58. The first-order valence-corrected chi connectivity index (χ1v) is 7.11. The topological polar surface area (TPSA) is 52.6 Å². The Morgan fingerprint density at radius 3 is 1.36 bits per heavy atom. The molecule has 0 heterocycles. The summed E-state index contributed by atoms with van der Waals surface area (Å²) < 4.78 is 10.2. The summed E-state index contributed by atoms with van der Waals surface area (Å²) in [4.78, 5) is 23.6. The predicted molar refractivity (Wildman–Crippen MR) is 85.9 cm³/mol. The van der Waals surface area contributed by atoms with Crippen molar-refractivity contribution in [2.75, 3.05) is 13.2 Å². The number of ether oxygens (including phenoxy) is 2. The molecule has 0 aromatic heterocycles. The molecule has 4 heteroatoms. The first kappa shape index (κ1) is 17.7. The van der Waals surface area contributed by atoms with Crippen LogP contribution in [0.2, 0.25) is 0 Å². The van der Waals surface area contributed by atoms with Crippen LogP contribution in [0, 0.1) is 0 Å². The number of allylic oxidation sites excluding steroid dienone is 2. The van der Waals surface area contributed by atoms with E-state index in [0.29, 0.717) is 11.1 Å². The quantitative estimate of drug-likeness (QED) is 0.590. The van der Waals surface area contributed by atoms with Crippen molar-refractivity contribution in [2.24, 2.45) is 0 Å². The molecule has 0 aliphatic carbocycles. The van der Waals surface area contributed by atoms with Crippen LogP contribution in [0.3, 0.4) is 0 Å². The van der Waals surface area contributed by atoms with Gasteiger partial charge in [0.2, 0.25) is 0 Å². The molecule has 0 saturated heterocycles. The van der Waals surface area contributed by atoms with Crippen molar-refractivity contribution < 1.29 is 19.1 Å². The van der Waals surface area contributed by atoms with Gasteiger partial charge in [0.1, 0.15) is 13.2 Å². The van der Waals surface area contributed by atoms with E-state index in [9.17, 15) is 9.59 Å². The van der Waals surface area contributed by atoms with E-state index in [-0.39, 0.29) is 13.2 Å². The Hall–Kier alpha value is -2.36. The summed E-state index contributed by atoms with van der Waals surface area (Å²) in [5.74, 6) is -0.830. The molecule has 0 saturated carbocycles. The minimum absolute atomic E-state index is 0.244. The van der Waals surface area contributed by atoms with Crippen LogP contribution in [0.15, 0.2) is 47.6 Å². The van der Waals surface area contributed by atoms with E-state index in [1.807, 2.05) is 39.8 Å². The molecule has 0 amide bonds. The number of esters is 2. The normalized spacial score (nSPS) is 9.64. The van der Waals surface area contributed by atoms with Gasteiger partial charge >= 0.3 is 11.9 Å². The third-order valence-electron chi connectivity index (χ3n) is 2.77. The lowest BCUT2D eigenvalue weighted by molar-refractivity contribution is 0.0534. The van der Waals surface area contributed by atoms with Gasteiger partial charge in [-0.15, -0.1) is 0 Å². The van der Waals surface area contributed by atoms with E-state index in [1.54, 1.807) is 24.3 Å². The van der Waals surface area contributed by atoms with Crippen molar-refractivity contribution in [1.82, 2.24) is 0 Å². The van der Waals surface area contributed by atoms with E-state index in [4.69, 9.17) is 9.47 Å². The Labute approximate surface area is 131 Å². The number of hydrogen-bond donors (Lipinski definition) is 0. The standard InChI is InChI=1S/C18H22O4/c1-13(2)9-11-21-17(19)15-5-7-16(8-6-15)18(20)22-12-10-14(3)4/h5-10H,11-12H2,1-4H3. The van der Waals surface area contributed by atoms with Crippen LogP contribution in [0.25, 0.3) is 0 Å². The van der Waals surface area contributed by atoms with Crippen LogP contribution >= 0.6 is 0 Å². The second-order valence-electron chi connectivity index (χ2n) is 5.34. The van der Waals surface area contributed by atoms with Crippen molar-refractivity contribution in [3.05, 3.63) is 58.7 Å². The van der Waals surface area contributed by atoms with Crippen LogP contribution in [-0.2, 0) is 9.47 Å². The minimum atomic E-state index is -0.415. The third-order valence-corrected chi connectivity index (χ3v) is 2.77. The highest BCUT2D eigenvalue weighted by atomic mass is 16.5. The lowest BCUT2D eigenvalue weighted by atomic mass is 10.1. The molecule has 0 aliphatic heterocycles. The molecule has 4 nitrogen and oxygen atoms in total. The monoisotopic (exact) mass is 302 g/mol. The van der Waals surface area contributed by atoms with Gasteiger partial charge in [0, 0.05) is 0 Å².